The maximum atomic E-state index is 12.7. The van der Waals surface area contributed by atoms with Gasteiger partial charge < -0.3 is 10.1 Å². The summed E-state index contributed by atoms with van der Waals surface area (Å²) in [5, 5.41) is 8.53. The van der Waals surface area contributed by atoms with Crippen molar-refractivity contribution in [3.8, 4) is 5.88 Å². The molecule has 0 fully saturated rings. The molecule has 6 nitrogen and oxygen atoms in total. The molecule has 0 spiro atoms. The zero-order chi connectivity index (χ0) is 16.2. The summed E-state index contributed by atoms with van der Waals surface area (Å²) in [5.41, 5.74) is 0.490. The average molecular weight is 318 g/mol. The molecule has 0 aliphatic carbocycles. The van der Waals surface area contributed by atoms with E-state index in [9.17, 15) is 22.4 Å². The predicted molar refractivity (Wildman–Crippen MR) is 67.2 cm³/mol. The van der Waals surface area contributed by atoms with Gasteiger partial charge in [-0.25, -0.2) is 13.8 Å². The summed E-state index contributed by atoms with van der Waals surface area (Å²) in [6.45, 7) is -1.49. The van der Waals surface area contributed by atoms with E-state index in [2.05, 4.69) is 25.2 Å². The molecule has 0 radical (unpaired) electrons. The third-order valence-corrected chi connectivity index (χ3v) is 2.47. The van der Waals surface area contributed by atoms with Gasteiger partial charge in [0.05, 0.1) is 11.9 Å². The Labute approximate surface area is 121 Å². The van der Waals surface area contributed by atoms with Crippen molar-refractivity contribution in [2.75, 3.05) is 11.9 Å². The standard InChI is InChI=1S/C12H10F4N4O2/c13-11(14)12(15,16)6-22-9-2-1-7(5-17-9)19-10(21)8-3-4-18-20-8/h1-5,11H,6H2,(H,18,20)(H,19,21). The molecule has 0 aromatic carbocycles. The van der Waals surface area contributed by atoms with Gasteiger partial charge in [0.2, 0.25) is 5.88 Å². The smallest absolute Gasteiger partial charge is 0.340 e. The van der Waals surface area contributed by atoms with Crippen LogP contribution in [0, 0.1) is 0 Å². The molecule has 0 unspecified atom stereocenters. The number of nitrogens with zero attached hydrogens (tertiary/aromatic N) is 2. The maximum absolute atomic E-state index is 12.7. The van der Waals surface area contributed by atoms with E-state index in [0.29, 0.717) is 0 Å². The SMILES string of the molecule is O=C(Nc1ccc(OCC(F)(F)C(F)F)nc1)c1ccn[nH]1. The number of pyridine rings is 1. The summed E-state index contributed by atoms with van der Waals surface area (Å²) < 4.78 is 53.7. The molecule has 10 heteroatoms. The molecule has 0 saturated heterocycles. The van der Waals surface area contributed by atoms with Gasteiger partial charge in [-0.15, -0.1) is 0 Å². The number of alkyl halides is 4. The molecule has 0 aliphatic rings. The second-order valence-electron chi connectivity index (χ2n) is 4.16. The molecule has 2 heterocycles. The Bertz CT molecular complexity index is 617. The summed E-state index contributed by atoms with van der Waals surface area (Å²) in [6, 6.07) is 3.95. The van der Waals surface area contributed by atoms with Crippen molar-refractivity contribution in [3.63, 3.8) is 0 Å². The zero-order valence-electron chi connectivity index (χ0n) is 10.9. The minimum absolute atomic E-state index is 0.219. The maximum Gasteiger partial charge on any atom is 0.340 e. The number of nitrogens with one attached hydrogen (secondary N) is 2. The van der Waals surface area contributed by atoms with Crippen molar-refractivity contribution in [1.29, 1.82) is 0 Å². The average Bonchev–Trinajstić information content (AvgIpc) is 3.01. The zero-order valence-corrected chi connectivity index (χ0v) is 10.9. The second-order valence-corrected chi connectivity index (χ2v) is 4.16. The van der Waals surface area contributed by atoms with Crippen LogP contribution in [-0.4, -0.2) is 40.0 Å². The van der Waals surface area contributed by atoms with Gasteiger partial charge in [-0.2, -0.15) is 13.9 Å². The van der Waals surface area contributed by atoms with Crippen LogP contribution in [0.4, 0.5) is 23.2 Å². The fourth-order valence-corrected chi connectivity index (χ4v) is 1.35. The fourth-order valence-electron chi connectivity index (χ4n) is 1.35. The van der Waals surface area contributed by atoms with E-state index < -0.39 is 24.9 Å². The van der Waals surface area contributed by atoms with Crippen LogP contribution in [-0.2, 0) is 0 Å². The molecule has 2 rings (SSSR count). The molecule has 2 aromatic rings. The first kappa shape index (κ1) is 15.7. The van der Waals surface area contributed by atoms with Crippen molar-refractivity contribution in [3.05, 3.63) is 36.3 Å². The molecule has 0 atom stereocenters. The first-order chi connectivity index (χ1) is 10.4. The van der Waals surface area contributed by atoms with Crippen molar-refractivity contribution in [2.45, 2.75) is 12.3 Å². The molecule has 22 heavy (non-hydrogen) atoms. The number of halogens is 4. The van der Waals surface area contributed by atoms with E-state index in [1.807, 2.05) is 0 Å². The quantitative estimate of drug-likeness (QED) is 0.801. The van der Waals surface area contributed by atoms with E-state index in [4.69, 9.17) is 0 Å². The van der Waals surface area contributed by atoms with Crippen LogP contribution in [0.15, 0.2) is 30.6 Å². The topological polar surface area (TPSA) is 79.9 Å². The van der Waals surface area contributed by atoms with Crippen molar-refractivity contribution in [1.82, 2.24) is 15.2 Å². The number of rotatable bonds is 6. The van der Waals surface area contributed by atoms with Crippen LogP contribution < -0.4 is 10.1 Å². The van der Waals surface area contributed by atoms with Crippen LogP contribution in [0.2, 0.25) is 0 Å². The highest BCUT2D eigenvalue weighted by atomic mass is 19.3. The number of carbonyl (C=O) groups is 1. The number of aromatic amines is 1. The number of hydrogen-bond donors (Lipinski definition) is 2. The molecule has 2 aromatic heterocycles. The van der Waals surface area contributed by atoms with E-state index in [-0.39, 0.29) is 17.3 Å². The monoisotopic (exact) mass is 318 g/mol. The number of anilines is 1. The third kappa shape index (κ3) is 3.93. The first-order valence-corrected chi connectivity index (χ1v) is 5.94. The van der Waals surface area contributed by atoms with E-state index in [0.717, 1.165) is 6.20 Å². The molecule has 1 amide bonds. The lowest BCUT2D eigenvalue weighted by atomic mass is 10.3. The van der Waals surface area contributed by atoms with Crippen LogP contribution in [0.1, 0.15) is 10.5 Å². The molecular formula is C12H10F4N4O2. The summed E-state index contributed by atoms with van der Waals surface area (Å²) in [5.74, 6) is -4.99. The number of carbonyl (C=O) groups excluding carboxylic acids is 1. The lowest BCUT2D eigenvalue weighted by Crippen LogP contribution is -2.33. The number of ether oxygens (including phenoxy) is 1. The van der Waals surface area contributed by atoms with Crippen molar-refractivity contribution < 1.29 is 27.1 Å². The Balaban J connectivity index is 1.92. The number of aromatic nitrogens is 3. The summed E-state index contributed by atoms with van der Waals surface area (Å²) in [4.78, 5) is 15.3. The highest BCUT2D eigenvalue weighted by Crippen LogP contribution is 2.24. The highest BCUT2D eigenvalue weighted by molar-refractivity contribution is 6.02. The summed E-state index contributed by atoms with van der Waals surface area (Å²) in [7, 11) is 0. The van der Waals surface area contributed by atoms with Gasteiger partial charge in [0.1, 0.15) is 5.69 Å². The molecule has 2 N–H and O–H groups in total. The van der Waals surface area contributed by atoms with Gasteiger partial charge in [0.15, 0.2) is 6.61 Å². The minimum Gasteiger partial charge on any atom is -0.471 e. The third-order valence-electron chi connectivity index (χ3n) is 2.47. The highest BCUT2D eigenvalue weighted by Gasteiger charge is 2.41. The molecule has 118 valence electrons. The first-order valence-electron chi connectivity index (χ1n) is 5.94. The Kier molecular flexibility index (Phi) is 4.59. The van der Waals surface area contributed by atoms with Gasteiger partial charge in [-0.05, 0) is 12.1 Å². The summed E-state index contributed by atoms with van der Waals surface area (Å²) in [6.07, 6.45) is -1.28. The second kappa shape index (κ2) is 6.41. The Morgan fingerprint density at radius 1 is 1.36 bits per heavy atom. The lowest BCUT2D eigenvalue weighted by Gasteiger charge is -2.15. The van der Waals surface area contributed by atoms with Crippen LogP contribution in [0.3, 0.4) is 0 Å². The number of H-pyrrole nitrogens is 1. The predicted octanol–water partition coefficient (Wildman–Crippen LogP) is 2.34. The van der Waals surface area contributed by atoms with Gasteiger partial charge in [-0.1, -0.05) is 0 Å². The Hall–Kier alpha value is -2.65. The normalized spacial score (nSPS) is 11.5. The lowest BCUT2D eigenvalue weighted by molar-refractivity contribution is -0.148. The van der Waals surface area contributed by atoms with Crippen LogP contribution >= 0.6 is 0 Å². The van der Waals surface area contributed by atoms with Gasteiger partial charge >= 0.3 is 12.3 Å². The van der Waals surface area contributed by atoms with Gasteiger partial charge in [0, 0.05) is 12.3 Å². The molecule has 0 saturated carbocycles. The van der Waals surface area contributed by atoms with Crippen LogP contribution in [0.25, 0.3) is 0 Å². The fraction of sp³-hybridized carbons (Fsp3) is 0.250. The van der Waals surface area contributed by atoms with Gasteiger partial charge in [0.25, 0.3) is 5.91 Å². The molecule has 0 bridgehead atoms. The Morgan fingerprint density at radius 2 is 2.14 bits per heavy atom. The van der Waals surface area contributed by atoms with Crippen LogP contribution in [0.5, 0.6) is 5.88 Å². The molecule has 0 aliphatic heterocycles. The van der Waals surface area contributed by atoms with E-state index in [1.165, 1.54) is 24.4 Å². The van der Waals surface area contributed by atoms with Crippen molar-refractivity contribution >= 4 is 11.6 Å². The largest absolute Gasteiger partial charge is 0.471 e. The Morgan fingerprint density at radius 3 is 2.68 bits per heavy atom. The number of hydrogen-bond acceptors (Lipinski definition) is 4. The minimum atomic E-state index is -4.25. The van der Waals surface area contributed by atoms with Crippen molar-refractivity contribution in [2.24, 2.45) is 0 Å². The number of amides is 1. The van der Waals surface area contributed by atoms with E-state index in [1.54, 1.807) is 0 Å². The van der Waals surface area contributed by atoms with E-state index >= 15 is 0 Å². The summed E-state index contributed by atoms with van der Waals surface area (Å²) >= 11 is 0. The molecular weight excluding hydrogens is 308 g/mol. The van der Waals surface area contributed by atoms with Gasteiger partial charge in [-0.3, -0.25) is 9.89 Å².